The summed E-state index contributed by atoms with van der Waals surface area (Å²) in [5.41, 5.74) is 8.72. The van der Waals surface area contributed by atoms with Crippen molar-refractivity contribution in [2.24, 2.45) is 5.41 Å². The van der Waals surface area contributed by atoms with E-state index in [4.69, 9.17) is 5.73 Å². The van der Waals surface area contributed by atoms with Crippen LogP contribution < -0.4 is 5.73 Å². The monoisotopic (exact) mass is 258 g/mol. The fraction of sp³-hybridized carbons (Fsp3) is 0.647. The van der Waals surface area contributed by atoms with E-state index in [1.807, 2.05) is 12.1 Å². The molecule has 1 saturated heterocycles. The van der Waals surface area contributed by atoms with Gasteiger partial charge in [0.2, 0.25) is 0 Å². The molecule has 2 N–H and O–H groups in total. The molecular formula is C17H26N2. The highest BCUT2D eigenvalue weighted by Crippen LogP contribution is 2.44. The molecule has 1 aliphatic heterocycles. The lowest BCUT2D eigenvalue weighted by Gasteiger charge is -2.44. The molecule has 0 bridgehead atoms. The Morgan fingerprint density at radius 3 is 2.16 bits per heavy atom. The lowest BCUT2D eigenvalue weighted by atomic mass is 9.68. The van der Waals surface area contributed by atoms with E-state index in [2.05, 4.69) is 17.0 Å². The molecule has 1 aromatic rings. The maximum Gasteiger partial charge on any atom is 0.0314 e. The predicted octanol–water partition coefficient (Wildman–Crippen LogP) is 3.82. The van der Waals surface area contributed by atoms with Crippen molar-refractivity contribution in [3.63, 3.8) is 0 Å². The lowest BCUT2D eigenvalue weighted by Crippen LogP contribution is -2.40. The van der Waals surface area contributed by atoms with Crippen LogP contribution >= 0.6 is 0 Å². The van der Waals surface area contributed by atoms with Crippen LogP contribution in [-0.4, -0.2) is 18.0 Å². The Morgan fingerprint density at radius 1 is 0.895 bits per heavy atom. The molecule has 0 amide bonds. The number of rotatable bonds is 2. The SMILES string of the molecule is Nc1ccc(CN2CCC3(CCCCC3)CC2)cc1. The van der Waals surface area contributed by atoms with Crippen LogP contribution in [0.1, 0.15) is 50.5 Å². The smallest absolute Gasteiger partial charge is 0.0314 e. The summed E-state index contributed by atoms with van der Waals surface area (Å²) in [5.74, 6) is 0. The molecule has 2 fully saturated rings. The average molecular weight is 258 g/mol. The Morgan fingerprint density at radius 2 is 1.53 bits per heavy atom. The number of nitrogens with zero attached hydrogens (tertiary/aromatic N) is 1. The maximum atomic E-state index is 5.74. The molecule has 2 aliphatic rings. The molecule has 1 spiro atoms. The topological polar surface area (TPSA) is 29.3 Å². The molecule has 0 atom stereocenters. The van der Waals surface area contributed by atoms with Crippen molar-refractivity contribution in [1.29, 1.82) is 0 Å². The number of hydrogen-bond acceptors (Lipinski definition) is 2. The van der Waals surface area contributed by atoms with Gasteiger partial charge in [0, 0.05) is 12.2 Å². The highest BCUT2D eigenvalue weighted by atomic mass is 15.1. The first-order valence-electron chi connectivity index (χ1n) is 7.83. The fourth-order valence-corrected chi connectivity index (χ4v) is 3.87. The van der Waals surface area contributed by atoms with Gasteiger partial charge in [0.25, 0.3) is 0 Å². The van der Waals surface area contributed by atoms with Crippen LogP contribution in [0, 0.1) is 5.41 Å². The largest absolute Gasteiger partial charge is 0.399 e. The van der Waals surface area contributed by atoms with Gasteiger partial charge in [-0.05, 0) is 61.9 Å². The van der Waals surface area contributed by atoms with Crippen molar-refractivity contribution in [3.8, 4) is 0 Å². The third-order valence-corrected chi connectivity index (χ3v) is 5.22. The van der Waals surface area contributed by atoms with Crippen molar-refractivity contribution in [2.75, 3.05) is 18.8 Å². The van der Waals surface area contributed by atoms with Crippen LogP contribution in [0.25, 0.3) is 0 Å². The molecule has 1 saturated carbocycles. The Hall–Kier alpha value is -1.02. The Kier molecular flexibility index (Phi) is 3.79. The van der Waals surface area contributed by atoms with Gasteiger partial charge in [-0.1, -0.05) is 31.4 Å². The molecule has 1 aliphatic carbocycles. The number of piperidine rings is 1. The molecule has 0 radical (unpaired) electrons. The molecule has 1 aromatic carbocycles. The Labute approximate surface area is 117 Å². The molecule has 2 nitrogen and oxygen atoms in total. The number of anilines is 1. The van der Waals surface area contributed by atoms with Gasteiger partial charge in [-0.15, -0.1) is 0 Å². The van der Waals surface area contributed by atoms with Gasteiger partial charge in [0.1, 0.15) is 0 Å². The van der Waals surface area contributed by atoms with Gasteiger partial charge in [0.15, 0.2) is 0 Å². The van der Waals surface area contributed by atoms with E-state index in [-0.39, 0.29) is 0 Å². The first kappa shape index (κ1) is 13.0. The number of hydrogen-bond donors (Lipinski definition) is 1. The van der Waals surface area contributed by atoms with Crippen LogP contribution in [-0.2, 0) is 6.54 Å². The summed E-state index contributed by atoms with van der Waals surface area (Å²) in [6.45, 7) is 3.66. The molecule has 0 unspecified atom stereocenters. The van der Waals surface area contributed by atoms with E-state index in [9.17, 15) is 0 Å². The van der Waals surface area contributed by atoms with Gasteiger partial charge in [-0.3, -0.25) is 4.90 Å². The zero-order valence-electron chi connectivity index (χ0n) is 11.9. The Bertz CT molecular complexity index is 394. The van der Waals surface area contributed by atoms with E-state index in [0.717, 1.165) is 17.6 Å². The fourth-order valence-electron chi connectivity index (χ4n) is 3.87. The van der Waals surface area contributed by atoms with E-state index >= 15 is 0 Å². The van der Waals surface area contributed by atoms with Crippen molar-refractivity contribution in [2.45, 2.75) is 51.5 Å². The first-order chi connectivity index (χ1) is 9.26. The second kappa shape index (κ2) is 5.54. The Balaban J connectivity index is 1.54. The summed E-state index contributed by atoms with van der Waals surface area (Å²) < 4.78 is 0. The van der Waals surface area contributed by atoms with Gasteiger partial charge in [-0.2, -0.15) is 0 Å². The number of likely N-dealkylation sites (tertiary alicyclic amines) is 1. The quantitative estimate of drug-likeness (QED) is 0.817. The molecule has 2 heteroatoms. The number of benzene rings is 1. The summed E-state index contributed by atoms with van der Waals surface area (Å²) in [7, 11) is 0. The van der Waals surface area contributed by atoms with Crippen molar-refractivity contribution in [3.05, 3.63) is 29.8 Å². The number of nitrogens with two attached hydrogens (primary N) is 1. The van der Waals surface area contributed by atoms with E-state index in [1.54, 1.807) is 0 Å². The summed E-state index contributed by atoms with van der Waals surface area (Å²) in [6, 6.07) is 8.37. The minimum absolute atomic E-state index is 0.718. The minimum Gasteiger partial charge on any atom is -0.399 e. The van der Waals surface area contributed by atoms with Crippen LogP contribution in [0.2, 0.25) is 0 Å². The van der Waals surface area contributed by atoms with E-state index in [0.29, 0.717) is 0 Å². The van der Waals surface area contributed by atoms with Gasteiger partial charge < -0.3 is 5.73 Å². The third-order valence-electron chi connectivity index (χ3n) is 5.22. The number of nitrogen functional groups attached to an aromatic ring is 1. The van der Waals surface area contributed by atoms with Crippen molar-refractivity contribution >= 4 is 5.69 Å². The molecule has 1 heterocycles. The molecule has 104 valence electrons. The summed E-state index contributed by atoms with van der Waals surface area (Å²) in [4.78, 5) is 2.62. The summed E-state index contributed by atoms with van der Waals surface area (Å²) >= 11 is 0. The van der Waals surface area contributed by atoms with Crippen molar-refractivity contribution in [1.82, 2.24) is 4.90 Å². The average Bonchev–Trinajstić information content (AvgIpc) is 2.45. The lowest BCUT2D eigenvalue weighted by molar-refractivity contribution is 0.0641. The van der Waals surface area contributed by atoms with Crippen LogP contribution in [0.15, 0.2) is 24.3 Å². The van der Waals surface area contributed by atoms with Crippen molar-refractivity contribution < 1.29 is 0 Å². The third kappa shape index (κ3) is 3.11. The van der Waals surface area contributed by atoms with Crippen LogP contribution in [0.5, 0.6) is 0 Å². The second-order valence-corrected chi connectivity index (χ2v) is 6.58. The van der Waals surface area contributed by atoms with Crippen LogP contribution in [0.4, 0.5) is 5.69 Å². The first-order valence-corrected chi connectivity index (χ1v) is 7.83. The normalized spacial score (nSPS) is 23.6. The standard InChI is InChI=1S/C17H26N2/c18-16-6-4-15(5-7-16)14-19-12-10-17(11-13-19)8-2-1-3-9-17/h4-7H,1-3,8-14,18H2. The minimum atomic E-state index is 0.718. The maximum absolute atomic E-state index is 5.74. The zero-order chi connectivity index (χ0) is 13.1. The van der Waals surface area contributed by atoms with E-state index in [1.165, 1.54) is 63.6 Å². The predicted molar refractivity (Wildman–Crippen MR) is 80.9 cm³/mol. The van der Waals surface area contributed by atoms with E-state index < -0.39 is 0 Å². The summed E-state index contributed by atoms with van der Waals surface area (Å²) in [6.07, 6.45) is 10.2. The zero-order valence-corrected chi connectivity index (χ0v) is 11.9. The van der Waals surface area contributed by atoms with Gasteiger partial charge in [-0.25, -0.2) is 0 Å². The highest BCUT2D eigenvalue weighted by molar-refractivity contribution is 5.39. The molecular weight excluding hydrogens is 232 g/mol. The summed E-state index contributed by atoms with van der Waals surface area (Å²) in [5, 5.41) is 0. The molecule has 0 aromatic heterocycles. The second-order valence-electron chi connectivity index (χ2n) is 6.58. The molecule has 19 heavy (non-hydrogen) atoms. The van der Waals surface area contributed by atoms with Crippen LogP contribution in [0.3, 0.4) is 0 Å². The van der Waals surface area contributed by atoms with Gasteiger partial charge in [0.05, 0.1) is 0 Å². The highest BCUT2D eigenvalue weighted by Gasteiger charge is 2.35. The van der Waals surface area contributed by atoms with Gasteiger partial charge >= 0.3 is 0 Å². The molecule has 3 rings (SSSR count).